The van der Waals surface area contributed by atoms with Gasteiger partial charge in [-0.2, -0.15) is 0 Å². The van der Waals surface area contributed by atoms with Crippen LogP contribution < -0.4 is 0 Å². The zero-order valence-corrected chi connectivity index (χ0v) is 5.98. The molecule has 0 bridgehead atoms. The average Bonchev–Trinajstić information content (AvgIpc) is 2.34. The molecule has 0 saturated heterocycles. The molecule has 1 nitrogen and oxygen atoms in total. The SMILES string of the molecule is BCc1ccc(CC)o1. The lowest BCUT2D eigenvalue weighted by Gasteiger charge is -1.86. The second-order valence-electron chi connectivity index (χ2n) is 2.08. The molecule has 0 unspecified atom stereocenters. The van der Waals surface area contributed by atoms with E-state index >= 15 is 0 Å². The molecule has 0 atom stereocenters. The molecular formula is C7H11BO. The van der Waals surface area contributed by atoms with Crippen molar-refractivity contribution in [2.24, 2.45) is 0 Å². The Kier molecular flexibility index (Phi) is 1.98. The van der Waals surface area contributed by atoms with Crippen LogP contribution in [0.1, 0.15) is 18.4 Å². The number of hydrogen-bond donors (Lipinski definition) is 0. The van der Waals surface area contributed by atoms with E-state index in [2.05, 4.69) is 14.8 Å². The Bertz CT molecular complexity index is 162. The molecule has 48 valence electrons. The molecular weight excluding hydrogens is 111 g/mol. The first-order valence-corrected chi connectivity index (χ1v) is 3.44. The third-order valence-corrected chi connectivity index (χ3v) is 1.41. The monoisotopic (exact) mass is 122 g/mol. The molecule has 0 aliphatic rings. The quantitative estimate of drug-likeness (QED) is 0.532. The van der Waals surface area contributed by atoms with Crippen molar-refractivity contribution in [1.29, 1.82) is 0 Å². The summed E-state index contributed by atoms with van der Waals surface area (Å²) in [4.78, 5) is 0. The van der Waals surface area contributed by atoms with Crippen LogP contribution in [0.25, 0.3) is 0 Å². The summed E-state index contributed by atoms with van der Waals surface area (Å²) in [6.07, 6.45) is 2.00. The van der Waals surface area contributed by atoms with Crippen LogP contribution in [0.2, 0.25) is 0 Å². The summed E-state index contributed by atoms with van der Waals surface area (Å²) in [7, 11) is 2.10. The van der Waals surface area contributed by atoms with Crippen LogP contribution in [0.4, 0.5) is 0 Å². The molecule has 0 aliphatic heterocycles. The van der Waals surface area contributed by atoms with E-state index in [4.69, 9.17) is 4.42 Å². The molecule has 0 aromatic carbocycles. The number of furan rings is 1. The number of aryl methyl sites for hydroxylation is 1. The summed E-state index contributed by atoms with van der Waals surface area (Å²) in [6.45, 7) is 2.10. The maximum absolute atomic E-state index is 5.38. The van der Waals surface area contributed by atoms with Gasteiger partial charge >= 0.3 is 0 Å². The van der Waals surface area contributed by atoms with Gasteiger partial charge in [-0.25, -0.2) is 0 Å². The molecule has 1 heterocycles. The Morgan fingerprint density at radius 2 is 2.11 bits per heavy atom. The van der Waals surface area contributed by atoms with E-state index in [0.29, 0.717) is 0 Å². The van der Waals surface area contributed by atoms with Crippen molar-refractivity contribution in [2.75, 3.05) is 0 Å². The van der Waals surface area contributed by atoms with Crippen molar-refractivity contribution in [1.82, 2.24) is 0 Å². The summed E-state index contributed by atoms with van der Waals surface area (Å²) in [5, 5.41) is 0. The molecule has 0 saturated carbocycles. The van der Waals surface area contributed by atoms with Crippen LogP contribution in [0, 0.1) is 0 Å². The van der Waals surface area contributed by atoms with E-state index in [0.717, 1.165) is 24.3 Å². The highest BCUT2D eigenvalue weighted by atomic mass is 16.3. The summed E-state index contributed by atoms with van der Waals surface area (Å²) in [5.41, 5.74) is 0. The second-order valence-corrected chi connectivity index (χ2v) is 2.08. The van der Waals surface area contributed by atoms with E-state index in [9.17, 15) is 0 Å². The van der Waals surface area contributed by atoms with Crippen LogP contribution in [0.5, 0.6) is 0 Å². The lowest BCUT2D eigenvalue weighted by molar-refractivity contribution is 0.484. The highest BCUT2D eigenvalue weighted by molar-refractivity contribution is 6.08. The first kappa shape index (κ1) is 6.46. The molecule has 0 aliphatic carbocycles. The fourth-order valence-corrected chi connectivity index (χ4v) is 0.802. The molecule has 2 heteroatoms. The predicted molar refractivity (Wildman–Crippen MR) is 40.3 cm³/mol. The van der Waals surface area contributed by atoms with Crippen molar-refractivity contribution >= 4 is 7.85 Å². The van der Waals surface area contributed by atoms with Crippen molar-refractivity contribution in [3.63, 3.8) is 0 Å². The van der Waals surface area contributed by atoms with Gasteiger partial charge in [-0.3, -0.25) is 0 Å². The van der Waals surface area contributed by atoms with E-state index < -0.39 is 0 Å². The highest BCUT2D eigenvalue weighted by Gasteiger charge is 1.94. The summed E-state index contributed by atoms with van der Waals surface area (Å²) >= 11 is 0. The lowest BCUT2D eigenvalue weighted by atomic mass is 10.0. The van der Waals surface area contributed by atoms with Crippen molar-refractivity contribution < 1.29 is 4.42 Å². The van der Waals surface area contributed by atoms with Crippen LogP contribution in [0.3, 0.4) is 0 Å². The third kappa shape index (κ3) is 1.38. The fourth-order valence-electron chi connectivity index (χ4n) is 0.802. The topological polar surface area (TPSA) is 13.1 Å². The molecule has 0 spiro atoms. The Morgan fingerprint density at radius 3 is 2.44 bits per heavy atom. The standard InChI is InChI=1S/C7H11BO/c1-2-6-3-4-7(5-8)9-6/h3-4H,2,5,8H2,1H3. The zero-order chi connectivity index (χ0) is 6.69. The average molecular weight is 122 g/mol. The maximum Gasteiger partial charge on any atom is 0.111 e. The van der Waals surface area contributed by atoms with Gasteiger partial charge in [0.2, 0.25) is 0 Å². The minimum absolute atomic E-state index is 1.00. The van der Waals surface area contributed by atoms with Crippen molar-refractivity contribution in [2.45, 2.75) is 19.7 Å². The van der Waals surface area contributed by atoms with Crippen LogP contribution in [-0.2, 0) is 12.7 Å². The Labute approximate surface area is 56.5 Å². The Balaban J connectivity index is 2.74. The van der Waals surface area contributed by atoms with Gasteiger partial charge < -0.3 is 4.42 Å². The second kappa shape index (κ2) is 2.76. The van der Waals surface area contributed by atoms with E-state index in [1.807, 2.05) is 12.1 Å². The Hall–Kier alpha value is -0.655. The minimum atomic E-state index is 1.00. The molecule has 1 aromatic heterocycles. The first-order chi connectivity index (χ1) is 4.36. The van der Waals surface area contributed by atoms with Crippen LogP contribution >= 0.6 is 0 Å². The van der Waals surface area contributed by atoms with Gasteiger partial charge in [0.15, 0.2) is 0 Å². The minimum Gasteiger partial charge on any atom is -0.467 e. The van der Waals surface area contributed by atoms with E-state index in [1.165, 1.54) is 0 Å². The molecule has 0 amide bonds. The van der Waals surface area contributed by atoms with E-state index in [-0.39, 0.29) is 0 Å². The summed E-state index contributed by atoms with van der Waals surface area (Å²) < 4.78 is 5.38. The van der Waals surface area contributed by atoms with Gasteiger partial charge in [-0.15, -0.1) is 0 Å². The molecule has 1 aromatic rings. The normalized spacial score (nSPS) is 9.89. The van der Waals surface area contributed by atoms with Crippen molar-refractivity contribution in [3.05, 3.63) is 23.7 Å². The highest BCUT2D eigenvalue weighted by Crippen LogP contribution is 2.06. The van der Waals surface area contributed by atoms with Crippen molar-refractivity contribution in [3.8, 4) is 0 Å². The van der Waals surface area contributed by atoms with Crippen LogP contribution in [-0.4, -0.2) is 7.85 Å². The fraction of sp³-hybridized carbons (Fsp3) is 0.429. The van der Waals surface area contributed by atoms with Gasteiger partial charge in [0.05, 0.1) is 5.76 Å². The lowest BCUT2D eigenvalue weighted by Crippen LogP contribution is -1.76. The molecule has 9 heavy (non-hydrogen) atoms. The molecule has 0 radical (unpaired) electrons. The van der Waals surface area contributed by atoms with Gasteiger partial charge in [-0.1, -0.05) is 6.92 Å². The Morgan fingerprint density at radius 1 is 1.44 bits per heavy atom. The van der Waals surface area contributed by atoms with E-state index in [1.54, 1.807) is 0 Å². The number of rotatable bonds is 2. The van der Waals surface area contributed by atoms with Crippen LogP contribution in [0.15, 0.2) is 16.5 Å². The first-order valence-electron chi connectivity index (χ1n) is 3.44. The third-order valence-electron chi connectivity index (χ3n) is 1.41. The van der Waals surface area contributed by atoms with Gasteiger partial charge in [0, 0.05) is 6.42 Å². The smallest absolute Gasteiger partial charge is 0.111 e. The number of hydrogen-bond acceptors (Lipinski definition) is 1. The predicted octanol–water partition coefficient (Wildman–Crippen LogP) is 0.975. The summed E-state index contributed by atoms with van der Waals surface area (Å²) in [5.74, 6) is 2.18. The molecule has 0 N–H and O–H groups in total. The molecule has 1 rings (SSSR count). The van der Waals surface area contributed by atoms with Gasteiger partial charge in [0.25, 0.3) is 0 Å². The zero-order valence-electron chi connectivity index (χ0n) is 5.98. The largest absolute Gasteiger partial charge is 0.467 e. The molecule has 0 fully saturated rings. The van der Waals surface area contributed by atoms with Gasteiger partial charge in [-0.05, 0) is 18.5 Å². The maximum atomic E-state index is 5.38. The summed E-state index contributed by atoms with van der Waals surface area (Å²) in [6, 6.07) is 4.08. The van der Waals surface area contributed by atoms with Gasteiger partial charge in [0.1, 0.15) is 13.6 Å².